The summed E-state index contributed by atoms with van der Waals surface area (Å²) in [6.45, 7) is 8.84. The molecule has 0 N–H and O–H groups in total. The van der Waals surface area contributed by atoms with E-state index in [4.69, 9.17) is 9.47 Å². The van der Waals surface area contributed by atoms with Gasteiger partial charge >= 0.3 is 5.97 Å². The van der Waals surface area contributed by atoms with E-state index in [9.17, 15) is 4.79 Å². The number of hydrogen-bond acceptors (Lipinski definition) is 3. The first-order valence-electron chi connectivity index (χ1n) is 4.83. The topological polar surface area (TPSA) is 35.5 Å². The Labute approximate surface area is 80.4 Å². The lowest BCUT2D eigenvalue weighted by Gasteiger charge is -2.13. The van der Waals surface area contributed by atoms with Crippen molar-refractivity contribution in [2.45, 2.75) is 40.2 Å². The van der Waals surface area contributed by atoms with Crippen LogP contribution in [0.5, 0.6) is 0 Å². The minimum absolute atomic E-state index is 0.137. The van der Waals surface area contributed by atoms with E-state index in [-0.39, 0.29) is 18.0 Å². The van der Waals surface area contributed by atoms with Crippen molar-refractivity contribution < 1.29 is 14.3 Å². The molecule has 13 heavy (non-hydrogen) atoms. The van der Waals surface area contributed by atoms with E-state index in [1.807, 2.05) is 27.7 Å². The molecule has 0 spiro atoms. The van der Waals surface area contributed by atoms with Gasteiger partial charge in [0, 0.05) is 0 Å². The lowest BCUT2D eigenvalue weighted by molar-refractivity contribution is -0.144. The Morgan fingerprint density at radius 3 is 2.38 bits per heavy atom. The third kappa shape index (κ3) is 7.78. The lowest BCUT2D eigenvalue weighted by atomic mass is 10.1. The summed E-state index contributed by atoms with van der Waals surface area (Å²) in [5.74, 6) is 0.101. The van der Waals surface area contributed by atoms with Gasteiger partial charge in [0.2, 0.25) is 0 Å². The molecule has 1 unspecified atom stereocenters. The molecule has 0 aromatic rings. The number of ether oxygens (including phenoxy) is 2. The summed E-state index contributed by atoms with van der Waals surface area (Å²) in [5.41, 5.74) is 0. The van der Waals surface area contributed by atoms with Crippen molar-refractivity contribution in [3.63, 3.8) is 0 Å². The SMILES string of the molecule is CCOC(=O)CC(C)COC(C)C. The summed E-state index contributed by atoms with van der Waals surface area (Å²) >= 11 is 0. The molecule has 0 heterocycles. The number of hydrogen-bond donors (Lipinski definition) is 0. The van der Waals surface area contributed by atoms with Crippen molar-refractivity contribution in [1.82, 2.24) is 0 Å². The van der Waals surface area contributed by atoms with Crippen LogP contribution in [-0.4, -0.2) is 25.3 Å². The minimum atomic E-state index is -0.137. The molecule has 0 fully saturated rings. The Balaban J connectivity index is 3.49. The highest BCUT2D eigenvalue weighted by molar-refractivity contribution is 5.69. The van der Waals surface area contributed by atoms with Crippen molar-refractivity contribution >= 4 is 5.97 Å². The average Bonchev–Trinajstić information content (AvgIpc) is 2.01. The predicted molar refractivity (Wildman–Crippen MR) is 51.5 cm³/mol. The fourth-order valence-corrected chi connectivity index (χ4v) is 0.920. The zero-order valence-corrected chi connectivity index (χ0v) is 9.00. The first-order valence-corrected chi connectivity index (χ1v) is 4.83. The molecular weight excluding hydrogens is 168 g/mol. The van der Waals surface area contributed by atoms with Crippen LogP contribution in [0.25, 0.3) is 0 Å². The largest absolute Gasteiger partial charge is 0.466 e. The summed E-state index contributed by atoms with van der Waals surface area (Å²) < 4.78 is 10.2. The molecular formula is C10H20O3. The highest BCUT2D eigenvalue weighted by atomic mass is 16.5. The zero-order valence-electron chi connectivity index (χ0n) is 9.00. The van der Waals surface area contributed by atoms with Crippen molar-refractivity contribution in [3.8, 4) is 0 Å². The van der Waals surface area contributed by atoms with Crippen LogP contribution in [0.15, 0.2) is 0 Å². The first-order chi connectivity index (χ1) is 6.06. The van der Waals surface area contributed by atoms with Gasteiger partial charge in [-0.3, -0.25) is 4.79 Å². The summed E-state index contributed by atoms with van der Waals surface area (Å²) in [4.78, 5) is 11.0. The van der Waals surface area contributed by atoms with Crippen molar-refractivity contribution in [2.75, 3.05) is 13.2 Å². The van der Waals surface area contributed by atoms with Gasteiger partial charge in [0.15, 0.2) is 0 Å². The molecule has 3 heteroatoms. The zero-order chi connectivity index (χ0) is 10.3. The third-order valence-electron chi connectivity index (χ3n) is 1.53. The Bertz CT molecular complexity index is 143. The second kappa shape index (κ2) is 6.89. The smallest absolute Gasteiger partial charge is 0.306 e. The molecule has 0 radical (unpaired) electrons. The second-order valence-corrected chi connectivity index (χ2v) is 3.50. The summed E-state index contributed by atoms with van der Waals surface area (Å²) in [7, 11) is 0. The number of carbonyl (C=O) groups is 1. The molecule has 0 aliphatic heterocycles. The summed E-state index contributed by atoms with van der Waals surface area (Å²) in [6, 6.07) is 0. The predicted octanol–water partition coefficient (Wildman–Crippen LogP) is 2.00. The lowest BCUT2D eigenvalue weighted by Crippen LogP contribution is -2.16. The Morgan fingerprint density at radius 2 is 1.92 bits per heavy atom. The quantitative estimate of drug-likeness (QED) is 0.598. The van der Waals surface area contributed by atoms with Gasteiger partial charge in [-0.1, -0.05) is 6.92 Å². The monoisotopic (exact) mass is 188 g/mol. The van der Waals surface area contributed by atoms with E-state index in [0.29, 0.717) is 19.6 Å². The molecule has 0 aromatic carbocycles. The van der Waals surface area contributed by atoms with E-state index >= 15 is 0 Å². The van der Waals surface area contributed by atoms with Crippen LogP contribution in [0.2, 0.25) is 0 Å². The van der Waals surface area contributed by atoms with Gasteiger partial charge in [0.1, 0.15) is 0 Å². The Hall–Kier alpha value is -0.570. The Kier molecular flexibility index (Phi) is 6.59. The second-order valence-electron chi connectivity index (χ2n) is 3.50. The van der Waals surface area contributed by atoms with Crippen LogP contribution in [-0.2, 0) is 14.3 Å². The molecule has 0 aliphatic carbocycles. The van der Waals surface area contributed by atoms with Crippen molar-refractivity contribution in [1.29, 1.82) is 0 Å². The fraction of sp³-hybridized carbons (Fsp3) is 0.900. The van der Waals surface area contributed by atoms with Gasteiger partial charge in [0.05, 0.1) is 25.7 Å². The molecule has 0 saturated heterocycles. The van der Waals surface area contributed by atoms with E-state index in [1.54, 1.807) is 0 Å². The van der Waals surface area contributed by atoms with Crippen molar-refractivity contribution in [2.24, 2.45) is 5.92 Å². The standard InChI is InChI=1S/C10H20O3/c1-5-12-10(11)6-9(4)7-13-8(2)3/h8-9H,5-7H2,1-4H3. The van der Waals surface area contributed by atoms with E-state index in [1.165, 1.54) is 0 Å². The number of rotatable bonds is 6. The minimum Gasteiger partial charge on any atom is -0.466 e. The Morgan fingerprint density at radius 1 is 1.31 bits per heavy atom. The fourth-order valence-electron chi connectivity index (χ4n) is 0.920. The van der Waals surface area contributed by atoms with E-state index in [2.05, 4.69) is 0 Å². The molecule has 3 nitrogen and oxygen atoms in total. The van der Waals surface area contributed by atoms with Gasteiger partial charge in [-0.2, -0.15) is 0 Å². The molecule has 1 atom stereocenters. The third-order valence-corrected chi connectivity index (χ3v) is 1.53. The van der Waals surface area contributed by atoms with Gasteiger partial charge in [-0.15, -0.1) is 0 Å². The molecule has 0 aromatic heterocycles. The van der Waals surface area contributed by atoms with Gasteiger partial charge < -0.3 is 9.47 Å². The summed E-state index contributed by atoms with van der Waals surface area (Å²) in [6.07, 6.45) is 0.672. The van der Waals surface area contributed by atoms with Crippen LogP contribution in [0.4, 0.5) is 0 Å². The van der Waals surface area contributed by atoms with Crippen LogP contribution in [0, 0.1) is 5.92 Å². The maximum Gasteiger partial charge on any atom is 0.306 e. The van der Waals surface area contributed by atoms with Crippen LogP contribution < -0.4 is 0 Å². The maximum absolute atomic E-state index is 11.0. The van der Waals surface area contributed by atoms with Crippen LogP contribution in [0.1, 0.15) is 34.1 Å². The first kappa shape index (κ1) is 12.4. The maximum atomic E-state index is 11.0. The molecule has 0 rings (SSSR count). The molecule has 0 aliphatic rings. The summed E-state index contributed by atoms with van der Waals surface area (Å²) in [5, 5.41) is 0. The van der Waals surface area contributed by atoms with Gasteiger partial charge in [0.25, 0.3) is 0 Å². The van der Waals surface area contributed by atoms with E-state index in [0.717, 1.165) is 0 Å². The highest BCUT2D eigenvalue weighted by Gasteiger charge is 2.10. The van der Waals surface area contributed by atoms with Gasteiger partial charge in [-0.25, -0.2) is 0 Å². The highest BCUT2D eigenvalue weighted by Crippen LogP contribution is 2.05. The normalized spacial score (nSPS) is 13.0. The average molecular weight is 188 g/mol. The molecule has 0 bridgehead atoms. The number of carbonyl (C=O) groups excluding carboxylic acids is 1. The van der Waals surface area contributed by atoms with Crippen LogP contribution in [0.3, 0.4) is 0 Å². The molecule has 78 valence electrons. The van der Waals surface area contributed by atoms with Crippen LogP contribution >= 0.6 is 0 Å². The van der Waals surface area contributed by atoms with Crippen molar-refractivity contribution in [3.05, 3.63) is 0 Å². The molecule has 0 amide bonds. The van der Waals surface area contributed by atoms with E-state index < -0.39 is 0 Å². The van der Waals surface area contributed by atoms with Gasteiger partial charge in [-0.05, 0) is 26.7 Å². The molecule has 0 saturated carbocycles. The number of esters is 1.